The maximum absolute atomic E-state index is 11.7. The van der Waals surface area contributed by atoms with Crippen molar-refractivity contribution in [3.05, 3.63) is 36.1 Å². The molecule has 0 aromatic carbocycles. The predicted octanol–water partition coefficient (Wildman–Crippen LogP) is 1.30. The van der Waals surface area contributed by atoms with E-state index < -0.39 is 5.97 Å². The molecule has 2 heterocycles. The summed E-state index contributed by atoms with van der Waals surface area (Å²) in [5.41, 5.74) is 0.412. The zero-order valence-corrected chi connectivity index (χ0v) is 10.5. The van der Waals surface area contributed by atoms with Crippen molar-refractivity contribution in [3.8, 4) is 0 Å². The molecule has 0 saturated heterocycles. The first kappa shape index (κ1) is 13.0. The lowest BCUT2D eigenvalue weighted by Crippen LogP contribution is -2.13. The highest BCUT2D eigenvalue weighted by atomic mass is 16.5. The van der Waals surface area contributed by atoms with Crippen molar-refractivity contribution in [1.82, 2.24) is 15.1 Å². The molecule has 0 aliphatic carbocycles. The molecule has 0 saturated carbocycles. The minimum atomic E-state index is -0.393. The van der Waals surface area contributed by atoms with Crippen LogP contribution in [-0.2, 0) is 11.2 Å². The summed E-state index contributed by atoms with van der Waals surface area (Å²) in [5.74, 6) is 0.623. The summed E-state index contributed by atoms with van der Waals surface area (Å²) in [4.78, 5) is 19.7. The largest absolute Gasteiger partial charge is 0.462 e. The third-order valence-corrected chi connectivity index (χ3v) is 2.34. The van der Waals surface area contributed by atoms with Crippen molar-refractivity contribution in [2.24, 2.45) is 0 Å². The highest BCUT2D eigenvalue weighted by molar-refractivity contribution is 5.94. The van der Waals surface area contributed by atoms with Crippen molar-refractivity contribution >= 4 is 11.8 Å². The van der Waals surface area contributed by atoms with E-state index in [0.29, 0.717) is 36.8 Å². The van der Waals surface area contributed by atoms with Gasteiger partial charge in [0.15, 0.2) is 6.33 Å². The molecule has 0 spiro atoms. The number of nitrogens with one attached hydrogen (secondary N) is 1. The van der Waals surface area contributed by atoms with Gasteiger partial charge in [-0.2, -0.15) is 4.98 Å². The number of nitrogens with zero attached hydrogens (tertiary/aromatic N) is 3. The maximum atomic E-state index is 11.7. The summed E-state index contributed by atoms with van der Waals surface area (Å²) in [5, 5.41) is 6.57. The standard InChI is InChI=1S/C12H14N4O3/c1-2-18-12(17)9-4-3-6-13-11(9)14-7-5-10-15-8-16-19-10/h3-4,6,8H,2,5,7H2,1H3,(H,13,14). The van der Waals surface area contributed by atoms with Gasteiger partial charge in [-0.25, -0.2) is 9.78 Å². The fourth-order valence-electron chi connectivity index (χ4n) is 1.51. The number of hydrogen-bond donors (Lipinski definition) is 1. The molecular formula is C12H14N4O3. The molecule has 0 fully saturated rings. The molecule has 0 aliphatic heterocycles. The second kappa shape index (κ2) is 6.48. The number of hydrogen-bond acceptors (Lipinski definition) is 7. The van der Waals surface area contributed by atoms with Crippen LogP contribution in [0.5, 0.6) is 0 Å². The lowest BCUT2D eigenvalue weighted by atomic mass is 10.2. The molecule has 0 amide bonds. The van der Waals surface area contributed by atoms with Crippen molar-refractivity contribution in [2.45, 2.75) is 13.3 Å². The molecule has 2 aromatic heterocycles. The van der Waals surface area contributed by atoms with Gasteiger partial charge in [0.05, 0.1) is 6.61 Å². The van der Waals surface area contributed by atoms with Gasteiger partial charge in [0, 0.05) is 19.2 Å². The first-order valence-electron chi connectivity index (χ1n) is 5.92. The minimum Gasteiger partial charge on any atom is -0.462 e. The Morgan fingerprint density at radius 2 is 2.37 bits per heavy atom. The Morgan fingerprint density at radius 1 is 1.47 bits per heavy atom. The van der Waals surface area contributed by atoms with Crippen LogP contribution in [0.3, 0.4) is 0 Å². The molecular weight excluding hydrogens is 248 g/mol. The van der Waals surface area contributed by atoms with Gasteiger partial charge in [-0.1, -0.05) is 5.16 Å². The van der Waals surface area contributed by atoms with Crippen LogP contribution < -0.4 is 5.32 Å². The molecule has 2 rings (SSSR count). The summed E-state index contributed by atoms with van der Waals surface area (Å²) < 4.78 is 9.84. The Bertz CT molecular complexity index is 528. The number of pyridine rings is 1. The number of rotatable bonds is 6. The minimum absolute atomic E-state index is 0.329. The second-order valence-electron chi connectivity index (χ2n) is 3.63. The van der Waals surface area contributed by atoms with Gasteiger partial charge in [0.25, 0.3) is 0 Å². The van der Waals surface area contributed by atoms with Crippen LogP contribution in [0, 0.1) is 0 Å². The van der Waals surface area contributed by atoms with Crippen LogP contribution in [0.15, 0.2) is 29.2 Å². The van der Waals surface area contributed by atoms with E-state index in [9.17, 15) is 4.79 Å². The lowest BCUT2D eigenvalue weighted by molar-refractivity contribution is 0.0527. The Hall–Kier alpha value is -2.44. The molecule has 1 N–H and O–H groups in total. The van der Waals surface area contributed by atoms with Crippen LogP contribution in [-0.4, -0.2) is 34.2 Å². The summed E-state index contributed by atoms with van der Waals surface area (Å²) >= 11 is 0. The van der Waals surface area contributed by atoms with Crippen LogP contribution in [0.1, 0.15) is 23.2 Å². The summed E-state index contributed by atoms with van der Waals surface area (Å²) in [6.45, 7) is 2.62. The SMILES string of the molecule is CCOC(=O)c1cccnc1NCCc1ncno1. The molecule has 7 nitrogen and oxygen atoms in total. The number of esters is 1. The van der Waals surface area contributed by atoms with Crippen LogP contribution >= 0.6 is 0 Å². The number of aromatic nitrogens is 3. The van der Waals surface area contributed by atoms with E-state index in [4.69, 9.17) is 9.26 Å². The van der Waals surface area contributed by atoms with E-state index in [2.05, 4.69) is 20.4 Å². The highest BCUT2D eigenvalue weighted by Gasteiger charge is 2.12. The lowest BCUT2D eigenvalue weighted by Gasteiger charge is -2.08. The second-order valence-corrected chi connectivity index (χ2v) is 3.63. The van der Waals surface area contributed by atoms with E-state index in [1.165, 1.54) is 6.33 Å². The number of carbonyl (C=O) groups is 1. The van der Waals surface area contributed by atoms with Crippen LogP contribution in [0.2, 0.25) is 0 Å². The Labute approximate surface area is 110 Å². The van der Waals surface area contributed by atoms with Crippen molar-refractivity contribution in [3.63, 3.8) is 0 Å². The van der Waals surface area contributed by atoms with E-state index in [0.717, 1.165) is 0 Å². The van der Waals surface area contributed by atoms with E-state index in [1.54, 1.807) is 25.3 Å². The smallest absolute Gasteiger partial charge is 0.341 e. The Kier molecular flexibility index (Phi) is 4.44. The van der Waals surface area contributed by atoms with Crippen LogP contribution in [0.4, 0.5) is 5.82 Å². The monoisotopic (exact) mass is 262 g/mol. The fraction of sp³-hybridized carbons (Fsp3) is 0.333. The number of ether oxygens (including phenoxy) is 1. The summed E-state index contributed by atoms with van der Waals surface area (Å²) in [6.07, 6.45) is 3.51. The fourth-order valence-corrected chi connectivity index (χ4v) is 1.51. The van der Waals surface area contributed by atoms with Crippen LogP contribution in [0.25, 0.3) is 0 Å². The average molecular weight is 262 g/mol. The first-order chi connectivity index (χ1) is 9.31. The third-order valence-electron chi connectivity index (χ3n) is 2.34. The van der Waals surface area contributed by atoms with Crippen molar-refractivity contribution in [2.75, 3.05) is 18.5 Å². The van der Waals surface area contributed by atoms with Gasteiger partial charge >= 0.3 is 5.97 Å². The zero-order valence-electron chi connectivity index (χ0n) is 10.5. The third kappa shape index (κ3) is 3.51. The molecule has 2 aromatic rings. The van der Waals surface area contributed by atoms with Gasteiger partial charge in [0.1, 0.15) is 11.4 Å². The van der Waals surface area contributed by atoms with E-state index >= 15 is 0 Å². The van der Waals surface area contributed by atoms with E-state index in [-0.39, 0.29) is 0 Å². The summed E-state index contributed by atoms with van der Waals surface area (Å²) in [7, 11) is 0. The summed E-state index contributed by atoms with van der Waals surface area (Å²) in [6, 6.07) is 3.36. The molecule has 0 bridgehead atoms. The molecule has 100 valence electrons. The molecule has 0 unspecified atom stereocenters. The topological polar surface area (TPSA) is 90.1 Å². The Morgan fingerprint density at radius 3 is 3.11 bits per heavy atom. The molecule has 0 aliphatic rings. The van der Waals surface area contributed by atoms with Gasteiger partial charge in [-0.15, -0.1) is 0 Å². The zero-order chi connectivity index (χ0) is 13.5. The average Bonchev–Trinajstić information content (AvgIpc) is 2.93. The van der Waals surface area contributed by atoms with Crippen molar-refractivity contribution < 1.29 is 14.1 Å². The maximum Gasteiger partial charge on any atom is 0.341 e. The highest BCUT2D eigenvalue weighted by Crippen LogP contribution is 2.12. The predicted molar refractivity (Wildman–Crippen MR) is 66.7 cm³/mol. The first-order valence-corrected chi connectivity index (χ1v) is 5.92. The Balaban J connectivity index is 1.97. The van der Waals surface area contributed by atoms with Gasteiger partial charge < -0.3 is 14.6 Å². The van der Waals surface area contributed by atoms with Gasteiger partial charge in [-0.3, -0.25) is 0 Å². The normalized spacial score (nSPS) is 10.2. The molecule has 0 radical (unpaired) electrons. The molecule has 19 heavy (non-hydrogen) atoms. The van der Waals surface area contributed by atoms with Gasteiger partial charge in [0.2, 0.25) is 5.89 Å². The molecule has 7 heteroatoms. The number of carbonyl (C=O) groups excluding carboxylic acids is 1. The number of anilines is 1. The van der Waals surface area contributed by atoms with E-state index in [1.807, 2.05) is 0 Å². The van der Waals surface area contributed by atoms with Gasteiger partial charge in [-0.05, 0) is 19.1 Å². The molecule has 0 atom stereocenters. The van der Waals surface area contributed by atoms with Crippen molar-refractivity contribution in [1.29, 1.82) is 0 Å². The quantitative estimate of drug-likeness (QED) is 0.784.